The molecule has 3 N–H and O–H groups in total. The molecule has 1 aromatic carbocycles. The van der Waals surface area contributed by atoms with Crippen molar-refractivity contribution in [3.8, 4) is 5.75 Å². The molecule has 4 aliphatic carbocycles. The van der Waals surface area contributed by atoms with Crippen LogP contribution in [0.1, 0.15) is 78.6 Å². The number of hydrogen-bond acceptors (Lipinski definition) is 7. The van der Waals surface area contributed by atoms with Crippen molar-refractivity contribution in [1.29, 1.82) is 0 Å². The highest BCUT2D eigenvalue weighted by Crippen LogP contribution is 2.69. The number of rotatable bonds is 7. The van der Waals surface area contributed by atoms with Gasteiger partial charge in [0, 0.05) is 0 Å². The fourth-order valence-electron chi connectivity index (χ4n) is 9.79. The number of amides is 1. The van der Waals surface area contributed by atoms with Crippen molar-refractivity contribution < 1.29 is 32.9 Å². The topological polar surface area (TPSA) is 122 Å². The first-order valence-corrected chi connectivity index (χ1v) is 16.6. The van der Waals surface area contributed by atoms with Crippen molar-refractivity contribution in [3.05, 3.63) is 24.3 Å². The van der Waals surface area contributed by atoms with Gasteiger partial charge in [0.1, 0.15) is 5.75 Å². The smallest absolute Gasteiger partial charge is 0.421 e. The van der Waals surface area contributed by atoms with E-state index in [1.807, 2.05) is 4.72 Å². The first-order valence-electron chi connectivity index (χ1n) is 15.1. The summed E-state index contributed by atoms with van der Waals surface area (Å²) in [7, 11) is -2.54. The van der Waals surface area contributed by atoms with Gasteiger partial charge in [-0.2, -0.15) is 0 Å². The molecule has 0 bridgehead atoms. The molecule has 0 unspecified atom stereocenters. The molecule has 224 valence electrons. The first-order chi connectivity index (χ1) is 18.9. The number of fused-ring (bicyclic) bond motifs is 5. The summed E-state index contributed by atoms with van der Waals surface area (Å²) in [4.78, 5) is 12.4. The Kier molecular flexibility index (Phi) is 8.23. The number of methoxy groups -OCH3 is 1. The minimum absolute atomic E-state index is 0.0343. The molecule has 1 amide bonds. The molecule has 0 saturated heterocycles. The van der Waals surface area contributed by atoms with Crippen molar-refractivity contribution >= 4 is 16.1 Å². The number of carbonyl (C=O) groups excluding carboxylic acids is 1. The van der Waals surface area contributed by atoms with Crippen LogP contribution in [0.15, 0.2) is 29.2 Å². The highest BCUT2D eigenvalue weighted by molar-refractivity contribution is 7.90. The van der Waals surface area contributed by atoms with E-state index in [0.29, 0.717) is 35.8 Å². The van der Waals surface area contributed by atoms with Crippen LogP contribution in [-0.2, 0) is 14.8 Å². The third-order valence-electron chi connectivity index (χ3n) is 11.9. The maximum absolute atomic E-state index is 12.6. The number of hydrogen-bond donors (Lipinski definition) is 3. The minimum Gasteiger partial charge on any atom is -0.497 e. The molecule has 4 saturated carbocycles. The molecule has 5 rings (SSSR count). The molecular weight excluding hydrogens is 530 g/mol. The molecule has 40 heavy (non-hydrogen) atoms. The number of aliphatic hydroxyl groups excluding tert-OH is 2. The molecule has 0 aromatic heterocycles. The van der Waals surface area contributed by atoms with E-state index in [-0.39, 0.29) is 46.4 Å². The van der Waals surface area contributed by atoms with E-state index in [4.69, 9.17) is 9.47 Å². The molecule has 4 fully saturated rings. The van der Waals surface area contributed by atoms with Gasteiger partial charge in [-0.25, -0.2) is 17.9 Å². The van der Waals surface area contributed by atoms with Crippen molar-refractivity contribution in [2.24, 2.45) is 46.3 Å². The van der Waals surface area contributed by atoms with Gasteiger partial charge in [-0.15, -0.1) is 0 Å². The van der Waals surface area contributed by atoms with Gasteiger partial charge in [0.25, 0.3) is 10.0 Å². The monoisotopic (exact) mass is 577 g/mol. The normalized spacial score (nSPS) is 40.9. The predicted octanol–water partition coefficient (Wildman–Crippen LogP) is 5.13. The summed E-state index contributed by atoms with van der Waals surface area (Å²) in [5, 5.41) is 22.3. The van der Waals surface area contributed by atoms with E-state index in [9.17, 15) is 23.4 Å². The summed E-state index contributed by atoms with van der Waals surface area (Å²) in [6.45, 7) is 7.15. The molecule has 9 heteroatoms. The Balaban J connectivity index is 1.22. The van der Waals surface area contributed by atoms with Gasteiger partial charge in [-0.1, -0.05) is 27.2 Å². The fourth-order valence-corrected chi connectivity index (χ4v) is 10.7. The van der Waals surface area contributed by atoms with E-state index in [1.165, 1.54) is 31.4 Å². The maximum Gasteiger partial charge on any atom is 0.421 e. The Morgan fingerprint density at radius 1 is 1.00 bits per heavy atom. The van der Waals surface area contributed by atoms with Gasteiger partial charge in [-0.3, -0.25) is 0 Å². The number of carbonyl (C=O) groups is 1. The Morgan fingerprint density at radius 2 is 1.68 bits per heavy atom. The fraction of sp³-hybridized carbons (Fsp3) is 0.774. The van der Waals surface area contributed by atoms with Gasteiger partial charge < -0.3 is 19.7 Å². The zero-order valence-corrected chi connectivity index (χ0v) is 25.2. The lowest BCUT2D eigenvalue weighted by Crippen LogP contribution is -2.62. The lowest BCUT2D eigenvalue weighted by molar-refractivity contribution is -0.202. The van der Waals surface area contributed by atoms with E-state index < -0.39 is 16.1 Å². The second-order valence-corrected chi connectivity index (χ2v) is 15.1. The maximum atomic E-state index is 12.6. The Bertz CT molecular complexity index is 1170. The molecule has 10 atom stereocenters. The molecule has 1 aromatic rings. The second kappa shape index (κ2) is 11.1. The van der Waals surface area contributed by atoms with Gasteiger partial charge >= 0.3 is 6.09 Å². The van der Waals surface area contributed by atoms with Crippen LogP contribution < -0.4 is 9.46 Å². The lowest BCUT2D eigenvalue weighted by Gasteiger charge is -2.64. The Morgan fingerprint density at radius 3 is 2.35 bits per heavy atom. The zero-order valence-electron chi connectivity index (χ0n) is 24.3. The van der Waals surface area contributed by atoms with Crippen molar-refractivity contribution in [3.63, 3.8) is 0 Å². The molecule has 4 aliphatic rings. The largest absolute Gasteiger partial charge is 0.497 e. The lowest BCUT2D eigenvalue weighted by atomic mass is 9.41. The first kappa shape index (κ1) is 29.6. The average molecular weight is 578 g/mol. The summed E-state index contributed by atoms with van der Waals surface area (Å²) in [6.07, 6.45) is 7.06. The quantitative estimate of drug-likeness (QED) is 0.411. The highest BCUT2D eigenvalue weighted by atomic mass is 32.2. The van der Waals surface area contributed by atoms with Gasteiger partial charge in [-0.05, 0) is 122 Å². The van der Waals surface area contributed by atoms with Crippen molar-refractivity contribution in [1.82, 2.24) is 4.72 Å². The number of nitrogens with one attached hydrogen (secondary N) is 1. The Hall–Kier alpha value is -1.84. The van der Waals surface area contributed by atoms with Crippen LogP contribution in [0, 0.1) is 46.3 Å². The highest BCUT2D eigenvalue weighted by Gasteiger charge is 2.64. The standard InChI is InChI=1S/C31H47NO7S/c1-5-23-26-18-20(33)12-15-31(26,3)25-13-16-30(2)19(6-11-24(30)27(25)28(23)34)14-17-39-29(35)32-40(36,37)22-9-7-21(38-4)8-10-22/h7-10,19-20,23-28,33-34H,5-6,11-18H2,1-4H3,(H,32,35)/t19-,20-,23-,24+,25+,26+,27+,28-,30-,31-/m1/s1. The molecule has 0 radical (unpaired) electrons. The third-order valence-corrected chi connectivity index (χ3v) is 13.2. The van der Waals surface area contributed by atoms with Crippen LogP contribution in [0.5, 0.6) is 5.75 Å². The van der Waals surface area contributed by atoms with Crippen LogP contribution in [0.2, 0.25) is 0 Å². The van der Waals surface area contributed by atoms with E-state index >= 15 is 0 Å². The predicted molar refractivity (Wildman–Crippen MR) is 151 cm³/mol. The SMILES string of the molecule is CC[C@H]1[C@@H](O)[C@@H]2[C@H](CC[C@]3(C)[C@@H](CCOC(=O)NS(=O)(=O)c4ccc(OC)cc4)CC[C@@H]23)[C@@]2(C)CC[C@@H](O)C[C@@H]12. The summed E-state index contributed by atoms with van der Waals surface area (Å²) >= 11 is 0. The van der Waals surface area contributed by atoms with Gasteiger partial charge in [0.15, 0.2) is 0 Å². The molecule has 0 aliphatic heterocycles. The van der Waals surface area contributed by atoms with Gasteiger partial charge in [0.05, 0.1) is 30.8 Å². The number of benzene rings is 1. The molecule has 8 nitrogen and oxygen atoms in total. The number of aliphatic hydroxyl groups is 2. The third kappa shape index (κ3) is 5.04. The summed E-state index contributed by atoms with van der Waals surface area (Å²) in [5.41, 5.74) is 0.229. The molecule has 0 spiro atoms. The van der Waals surface area contributed by atoms with Crippen LogP contribution in [-0.4, -0.2) is 50.6 Å². The average Bonchev–Trinajstić information content (AvgIpc) is 3.25. The summed E-state index contributed by atoms with van der Waals surface area (Å²) < 4.78 is 37.6. The summed E-state index contributed by atoms with van der Waals surface area (Å²) in [5.74, 6) is 2.65. The second-order valence-electron chi connectivity index (χ2n) is 13.4. The van der Waals surface area contributed by atoms with Crippen LogP contribution in [0.25, 0.3) is 0 Å². The Labute approximate surface area is 239 Å². The number of sulfonamides is 1. The van der Waals surface area contributed by atoms with E-state index in [2.05, 4.69) is 20.8 Å². The summed E-state index contributed by atoms with van der Waals surface area (Å²) in [6, 6.07) is 5.81. The van der Waals surface area contributed by atoms with Crippen LogP contribution >= 0.6 is 0 Å². The van der Waals surface area contributed by atoms with E-state index in [1.54, 1.807) is 0 Å². The van der Waals surface area contributed by atoms with Crippen molar-refractivity contribution in [2.75, 3.05) is 13.7 Å². The van der Waals surface area contributed by atoms with Crippen molar-refractivity contribution in [2.45, 2.75) is 95.7 Å². The van der Waals surface area contributed by atoms with Crippen LogP contribution in [0.4, 0.5) is 4.79 Å². The number of ether oxygens (including phenoxy) is 2. The van der Waals surface area contributed by atoms with Crippen LogP contribution in [0.3, 0.4) is 0 Å². The molecular formula is C31H47NO7S. The van der Waals surface area contributed by atoms with Gasteiger partial charge in [0.2, 0.25) is 0 Å². The zero-order chi connectivity index (χ0) is 28.9. The minimum atomic E-state index is -4.04. The van der Waals surface area contributed by atoms with E-state index in [0.717, 1.165) is 51.4 Å². The molecule has 0 heterocycles.